The smallest absolute Gasteiger partial charge is 0.312 e. The molecule has 0 fully saturated rings. The first-order valence-corrected chi connectivity index (χ1v) is 9.55. The lowest BCUT2D eigenvalue weighted by Gasteiger charge is -2.40. The van der Waals surface area contributed by atoms with Gasteiger partial charge < -0.3 is 15.6 Å². The van der Waals surface area contributed by atoms with E-state index in [1.165, 1.54) is 32.0 Å². The zero-order valence-electron chi connectivity index (χ0n) is 14.7. The molecule has 0 spiro atoms. The molecule has 1 unspecified atom stereocenters. The first kappa shape index (κ1) is 19.0. The molecule has 2 aromatic carbocycles. The number of nitrogen functional groups attached to an aromatic ring is 1. The number of ether oxygens (including phenoxy) is 1. The second-order valence-corrected chi connectivity index (χ2v) is 8.71. The fourth-order valence-electron chi connectivity index (χ4n) is 2.74. The highest BCUT2D eigenvalue weighted by atomic mass is 32.2. The van der Waals surface area contributed by atoms with E-state index in [2.05, 4.69) is 0 Å². The Morgan fingerprint density at radius 2 is 1.89 bits per heavy atom. The van der Waals surface area contributed by atoms with E-state index in [-0.39, 0.29) is 22.9 Å². The standard InChI is InChI=1S/C18H19FN2O5S/c1-18(2,17(22)23)16-10-21(14-9-12(20)5-8-15(14)26-16)27(24,25)13-6-3-11(19)4-7-13/h3-9,16H,10,20H2,1-2H3,(H,22,23). The summed E-state index contributed by atoms with van der Waals surface area (Å²) in [4.78, 5) is 11.5. The van der Waals surface area contributed by atoms with Gasteiger partial charge in [-0.15, -0.1) is 0 Å². The molecule has 0 amide bonds. The number of nitrogens with zero attached hydrogens (tertiary/aromatic N) is 1. The Hall–Kier alpha value is -2.81. The predicted molar refractivity (Wildman–Crippen MR) is 97.6 cm³/mol. The van der Waals surface area contributed by atoms with Crippen LogP contribution in [-0.2, 0) is 14.8 Å². The maximum atomic E-state index is 13.2. The summed E-state index contributed by atoms with van der Waals surface area (Å²) in [6.07, 6.45) is -0.943. The largest absolute Gasteiger partial charge is 0.485 e. The minimum Gasteiger partial charge on any atom is -0.485 e. The van der Waals surface area contributed by atoms with Gasteiger partial charge >= 0.3 is 5.97 Å². The van der Waals surface area contributed by atoms with Gasteiger partial charge in [0.1, 0.15) is 23.1 Å². The van der Waals surface area contributed by atoms with Crippen LogP contribution in [0.25, 0.3) is 0 Å². The van der Waals surface area contributed by atoms with Crippen molar-refractivity contribution in [2.24, 2.45) is 5.41 Å². The van der Waals surface area contributed by atoms with E-state index in [0.717, 1.165) is 28.6 Å². The third-order valence-corrected chi connectivity index (χ3v) is 6.40. The molecule has 0 saturated carbocycles. The molecular formula is C18H19FN2O5S. The van der Waals surface area contributed by atoms with Crippen LogP contribution in [0.5, 0.6) is 5.75 Å². The van der Waals surface area contributed by atoms with Gasteiger partial charge in [0.2, 0.25) is 0 Å². The predicted octanol–water partition coefficient (Wildman–Crippen LogP) is 2.48. The summed E-state index contributed by atoms with van der Waals surface area (Å²) in [5.74, 6) is -1.48. The first-order valence-electron chi connectivity index (χ1n) is 8.11. The van der Waals surface area contributed by atoms with Crippen LogP contribution in [0.3, 0.4) is 0 Å². The molecule has 3 N–H and O–H groups in total. The molecule has 0 saturated heterocycles. The summed E-state index contributed by atoms with van der Waals surface area (Å²) in [6, 6.07) is 8.89. The summed E-state index contributed by atoms with van der Waals surface area (Å²) in [6.45, 7) is 2.70. The van der Waals surface area contributed by atoms with E-state index < -0.39 is 33.3 Å². The number of sulfonamides is 1. The second kappa shape index (κ2) is 6.41. The molecule has 2 aromatic rings. The van der Waals surface area contributed by atoms with Gasteiger partial charge in [0, 0.05) is 5.69 Å². The monoisotopic (exact) mass is 394 g/mol. The molecule has 0 aromatic heterocycles. The third kappa shape index (κ3) is 3.30. The van der Waals surface area contributed by atoms with Crippen molar-refractivity contribution in [2.45, 2.75) is 24.8 Å². The number of fused-ring (bicyclic) bond motifs is 1. The van der Waals surface area contributed by atoms with Crippen LogP contribution in [0, 0.1) is 11.2 Å². The second-order valence-electron chi connectivity index (χ2n) is 6.85. The quantitative estimate of drug-likeness (QED) is 0.771. The SMILES string of the molecule is CC(C)(C(=O)O)C1CN(S(=O)(=O)c2ccc(F)cc2)c2cc(N)ccc2O1. The van der Waals surface area contributed by atoms with Crippen molar-refractivity contribution in [3.63, 3.8) is 0 Å². The summed E-state index contributed by atoms with van der Waals surface area (Å²) in [5, 5.41) is 9.51. The molecule has 0 radical (unpaired) electrons. The van der Waals surface area contributed by atoms with E-state index in [1.807, 2.05) is 0 Å². The molecule has 0 bridgehead atoms. The zero-order valence-corrected chi connectivity index (χ0v) is 15.5. The minimum absolute atomic E-state index is 0.119. The van der Waals surface area contributed by atoms with Crippen molar-refractivity contribution in [3.05, 3.63) is 48.3 Å². The summed E-state index contributed by atoms with van der Waals surface area (Å²) < 4.78 is 46.4. The molecule has 3 rings (SSSR count). The van der Waals surface area contributed by atoms with Gasteiger partial charge in [-0.2, -0.15) is 0 Å². The number of halogens is 1. The Morgan fingerprint density at radius 1 is 1.26 bits per heavy atom. The van der Waals surface area contributed by atoms with Gasteiger partial charge in [-0.25, -0.2) is 12.8 Å². The Morgan fingerprint density at radius 3 is 2.48 bits per heavy atom. The number of hydrogen-bond acceptors (Lipinski definition) is 5. The van der Waals surface area contributed by atoms with Crippen LogP contribution in [0.2, 0.25) is 0 Å². The highest BCUT2D eigenvalue weighted by Gasteiger charge is 2.45. The van der Waals surface area contributed by atoms with Gasteiger partial charge in [0.25, 0.3) is 10.0 Å². The zero-order chi connectivity index (χ0) is 20.0. The molecule has 1 atom stereocenters. The number of anilines is 2. The summed E-state index contributed by atoms with van der Waals surface area (Å²) in [7, 11) is -4.09. The highest BCUT2D eigenvalue weighted by Crippen LogP contribution is 2.41. The van der Waals surface area contributed by atoms with Crippen molar-refractivity contribution in [1.82, 2.24) is 0 Å². The van der Waals surface area contributed by atoms with Crippen molar-refractivity contribution >= 4 is 27.4 Å². The Kier molecular flexibility index (Phi) is 4.51. The Labute approximate surface area is 156 Å². The van der Waals surface area contributed by atoms with Gasteiger partial charge in [0.05, 0.1) is 17.1 Å². The van der Waals surface area contributed by atoms with Crippen molar-refractivity contribution < 1.29 is 27.4 Å². The van der Waals surface area contributed by atoms with Crippen molar-refractivity contribution in [3.8, 4) is 5.75 Å². The van der Waals surface area contributed by atoms with Crippen LogP contribution in [0.15, 0.2) is 47.4 Å². The minimum atomic E-state index is -4.09. The van der Waals surface area contributed by atoms with Gasteiger partial charge in [0.15, 0.2) is 0 Å². The van der Waals surface area contributed by atoms with Gasteiger partial charge in [-0.1, -0.05) is 0 Å². The highest BCUT2D eigenvalue weighted by molar-refractivity contribution is 7.92. The van der Waals surface area contributed by atoms with Crippen LogP contribution in [-0.4, -0.2) is 32.1 Å². The lowest BCUT2D eigenvalue weighted by molar-refractivity contribution is -0.152. The number of benzene rings is 2. The molecule has 7 nitrogen and oxygen atoms in total. The molecule has 1 aliphatic heterocycles. The number of hydrogen-bond donors (Lipinski definition) is 2. The molecule has 1 heterocycles. The van der Waals surface area contributed by atoms with Crippen LogP contribution >= 0.6 is 0 Å². The molecule has 27 heavy (non-hydrogen) atoms. The Bertz CT molecular complexity index is 989. The summed E-state index contributed by atoms with van der Waals surface area (Å²) >= 11 is 0. The lowest BCUT2D eigenvalue weighted by Crippen LogP contribution is -2.52. The lowest BCUT2D eigenvalue weighted by atomic mass is 9.85. The average Bonchev–Trinajstić information content (AvgIpc) is 2.60. The van der Waals surface area contributed by atoms with Crippen molar-refractivity contribution in [2.75, 3.05) is 16.6 Å². The maximum absolute atomic E-state index is 13.2. The number of carboxylic acid groups (broad SMARTS) is 1. The van der Waals surface area contributed by atoms with Gasteiger partial charge in [-0.05, 0) is 56.3 Å². The Balaban J connectivity index is 2.13. The normalized spacial score (nSPS) is 17.1. The van der Waals surface area contributed by atoms with Crippen molar-refractivity contribution in [1.29, 1.82) is 0 Å². The molecule has 0 aliphatic carbocycles. The van der Waals surface area contributed by atoms with E-state index in [0.29, 0.717) is 5.69 Å². The first-order chi connectivity index (χ1) is 12.5. The topological polar surface area (TPSA) is 110 Å². The van der Waals surface area contributed by atoms with Crippen LogP contribution in [0.4, 0.5) is 15.8 Å². The molecular weight excluding hydrogens is 375 g/mol. The van der Waals surface area contributed by atoms with Gasteiger partial charge in [-0.3, -0.25) is 9.10 Å². The third-order valence-electron chi connectivity index (χ3n) is 4.61. The number of carbonyl (C=O) groups is 1. The fraction of sp³-hybridized carbons (Fsp3) is 0.278. The number of nitrogens with two attached hydrogens (primary N) is 1. The van der Waals surface area contributed by atoms with E-state index >= 15 is 0 Å². The molecule has 9 heteroatoms. The van der Waals surface area contributed by atoms with E-state index in [1.54, 1.807) is 0 Å². The van der Waals surface area contributed by atoms with Crippen LogP contribution in [0.1, 0.15) is 13.8 Å². The van der Waals surface area contributed by atoms with E-state index in [4.69, 9.17) is 10.5 Å². The van der Waals surface area contributed by atoms with E-state index in [9.17, 15) is 22.7 Å². The average molecular weight is 394 g/mol. The molecule has 1 aliphatic rings. The summed E-state index contributed by atoms with van der Waals surface area (Å²) in [5.41, 5.74) is 4.97. The van der Waals surface area contributed by atoms with Crippen LogP contribution < -0.4 is 14.8 Å². The number of carboxylic acids is 1. The number of rotatable bonds is 4. The molecule has 144 valence electrons. The fourth-order valence-corrected chi connectivity index (χ4v) is 4.21. The number of aliphatic carboxylic acids is 1. The maximum Gasteiger partial charge on any atom is 0.312 e.